The number of anilines is 1. The highest BCUT2D eigenvalue weighted by Gasteiger charge is 2.25. The van der Waals surface area contributed by atoms with E-state index in [0.717, 1.165) is 43.1 Å². The fraction of sp³-hybridized carbons (Fsp3) is 0.625. The summed E-state index contributed by atoms with van der Waals surface area (Å²) in [6.07, 6.45) is 5.01. The molecule has 5 nitrogen and oxygen atoms in total. The number of hydrogen-bond donors (Lipinski definition) is 1. The Balaban J connectivity index is 1.59. The molecule has 0 spiro atoms. The Morgan fingerprint density at radius 2 is 1.95 bits per heavy atom. The van der Waals surface area contributed by atoms with E-state index in [9.17, 15) is 10.1 Å². The number of hydrogen-bond acceptors (Lipinski definition) is 4. The Labute approximate surface area is 125 Å². The van der Waals surface area contributed by atoms with Crippen LogP contribution in [0.15, 0.2) is 18.2 Å². The Morgan fingerprint density at radius 1 is 1.24 bits per heavy atom. The van der Waals surface area contributed by atoms with E-state index in [0.29, 0.717) is 6.04 Å². The summed E-state index contributed by atoms with van der Waals surface area (Å²) in [5.41, 5.74) is 2.13. The van der Waals surface area contributed by atoms with E-state index in [2.05, 4.69) is 10.2 Å². The molecule has 1 heterocycles. The van der Waals surface area contributed by atoms with Crippen LogP contribution in [0.5, 0.6) is 0 Å². The van der Waals surface area contributed by atoms with Crippen molar-refractivity contribution in [2.45, 2.75) is 38.6 Å². The second-order valence-corrected chi connectivity index (χ2v) is 6.40. The van der Waals surface area contributed by atoms with Crippen LogP contribution in [0, 0.1) is 23.0 Å². The van der Waals surface area contributed by atoms with Gasteiger partial charge in [-0.15, -0.1) is 0 Å². The van der Waals surface area contributed by atoms with Crippen LogP contribution < -0.4 is 10.2 Å². The largest absolute Gasteiger partial charge is 0.371 e. The molecule has 1 N–H and O–H groups in total. The van der Waals surface area contributed by atoms with Crippen LogP contribution >= 0.6 is 0 Å². The topological polar surface area (TPSA) is 58.4 Å². The number of nitrogens with one attached hydrogen (secondary N) is 1. The first kappa shape index (κ1) is 14.3. The van der Waals surface area contributed by atoms with Crippen molar-refractivity contribution in [3.05, 3.63) is 33.9 Å². The molecule has 0 bridgehead atoms. The molecule has 0 aromatic heterocycles. The highest BCUT2D eigenvalue weighted by molar-refractivity contribution is 5.56. The van der Waals surface area contributed by atoms with Gasteiger partial charge in [0, 0.05) is 37.0 Å². The van der Waals surface area contributed by atoms with Crippen molar-refractivity contribution < 1.29 is 4.92 Å². The molecule has 0 atom stereocenters. The van der Waals surface area contributed by atoms with Crippen molar-refractivity contribution >= 4 is 11.4 Å². The summed E-state index contributed by atoms with van der Waals surface area (Å²) in [5.74, 6) is 0.919. The SMILES string of the molecule is Cc1cc(N2CCC(NCC3CC3)CC2)cc([N+](=O)[O-])c1. The molecule has 2 fully saturated rings. The van der Waals surface area contributed by atoms with E-state index in [4.69, 9.17) is 0 Å². The maximum Gasteiger partial charge on any atom is 0.271 e. The van der Waals surface area contributed by atoms with Gasteiger partial charge >= 0.3 is 0 Å². The van der Waals surface area contributed by atoms with Crippen molar-refractivity contribution in [2.24, 2.45) is 5.92 Å². The van der Waals surface area contributed by atoms with E-state index < -0.39 is 0 Å². The molecule has 0 radical (unpaired) electrons. The summed E-state index contributed by atoms with van der Waals surface area (Å²) < 4.78 is 0. The smallest absolute Gasteiger partial charge is 0.271 e. The average molecular weight is 289 g/mol. The maximum atomic E-state index is 11.0. The van der Waals surface area contributed by atoms with E-state index in [1.807, 2.05) is 13.0 Å². The predicted molar refractivity (Wildman–Crippen MR) is 83.8 cm³/mol. The minimum Gasteiger partial charge on any atom is -0.371 e. The minimum absolute atomic E-state index is 0.194. The van der Waals surface area contributed by atoms with Crippen molar-refractivity contribution in [2.75, 3.05) is 24.5 Å². The molecule has 1 aromatic rings. The molecule has 114 valence electrons. The third-order valence-electron chi connectivity index (χ3n) is 4.51. The molecular formula is C16H23N3O2. The van der Waals surface area contributed by atoms with E-state index >= 15 is 0 Å². The summed E-state index contributed by atoms with van der Waals surface area (Å²) in [5, 5.41) is 14.6. The van der Waals surface area contributed by atoms with Gasteiger partial charge in [-0.1, -0.05) is 0 Å². The molecule has 1 saturated carbocycles. The van der Waals surface area contributed by atoms with Gasteiger partial charge in [0.15, 0.2) is 0 Å². The number of nitrogens with zero attached hydrogens (tertiary/aromatic N) is 2. The summed E-state index contributed by atoms with van der Waals surface area (Å²) in [7, 11) is 0. The molecule has 3 rings (SSSR count). The van der Waals surface area contributed by atoms with Crippen LogP contribution in [-0.4, -0.2) is 30.6 Å². The standard InChI is InChI=1S/C16H23N3O2/c1-12-8-15(10-16(9-12)19(20)21)18-6-4-14(5-7-18)17-11-13-2-3-13/h8-10,13-14,17H,2-7,11H2,1H3. The number of nitro groups is 1. The number of rotatable bonds is 5. The second kappa shape index (κ2) is 6.02. The Hall–Kier alpha value is -1.62. The lowest BCUT2D eigenvalue weighted by molar-refractivity contribution is -0.384. The van der Waals surface area contributed by atoms with Crippen LogP contribution in [0.4, 0.5) is 11.4 Å². The monoisotopic (exact) mass is 289 g/mol. The van der Waals surface area contributed by atoms with Gasteiger partial charge in [0.05, 0.1) is 4.92 Å². The van der Waals surface area contributed by atoms with Gasteiger partial charge in [-0.2, -0.15) is 0 Å². The predicted octanol–water partition coefficient (Wildman–Crippen LogP) is 2.87. The molecule has 1 aliphatic heterocycles. The lowest BCUT2D eigenvalue weighted by atomic mass is 10.0. The first-order chi connectivity index (χ1) is 10.1. The molecule has 0 amide bonds. The van der Waals surface area contributed by atoms with Crippen LogP contribution in [0.2, 0.25) is 0 Å². The summed E-state index contributed by atoms with van der Waals surface area (Å²) in [6.45, 7) is 5.03. The molecule has 1 saturated heterocycles. The number of nitro benzene ring substituents is 1. The summed E-state index contributed by atoms with van der Waals surface area (Å²) in [6, 6.07) is 5.99. The normalized spacial score (nSPS) is 19.8. The fourth-order valence-electron chi connectivity index (χ4n) is 3.03. The molecule has 1 aromatic carbocycles. The van der Waals surface area contributed by atoms with Crippen LogP contribution in [-0.2, 0) is 0 Å². The second-order valence-electron chi connectivity index (χ2n) is 6.40. The van der Waals surface area contributed by atoms with Gasteiger partial charge in [-0.05, 0) is 56.7 Å². The Kier molecular flexibility index (Phi) is 4.10. The van der Waals surface area contributed by atoms with Crippen LogP contribution in [0.1, 0.15) is 31.2 Å². The first-order valence-corrected chi connectivity index (χ1v) is 7.86. The maximum absolute atomic E-state index is 11.0. The van der Waals surface area contributed by atoms with Crippen molar-refractivity contribution in [1.82, 2.24) is 5.32 Å². The number of benzene rings is 1. The van der Waals surface area contributed by atoms with Crippen molar-refractivity contribution in [1.29, 1.82) is 0 Å². The fourth-order valence-corrected chi connectivity index (χ4v) is 3.03. The lowest BCUT2D eigenvalue weighted by Gasteiger charge is -2.34. The van der Waals surface area contributed by atoms with Gasteiger partial charge in [0.2, 0.25) is 0 Å². The van der Waals surface area contributed by atoms with E-state index in [1.54, 1.807) is 12.1 Å². The minimum atomic E-state index is -0.305. The zero-order valence-electron chi connectivity index (χ0n) is 12.5. The lowest BCUT2D eigenvalue weighted by Crippen LogP contribution is -2.43. The van der Waals surface area contributed by atoms with Gasteiger partial charge < -0.3 is 10.2 Å². The molecule has 1 aliphatic carbocycles. The third kappa shape index (κ3) is 3.73. The quantitative estimate of drug-likeness (QED) is 0.669. The van der Waals surface area contributed by atoms with E-state index in [1.165, 1.54) is 19.4 Å². The highest BCUT2D eigenvalue weighted by Crippen LogP contribution is 2.29. The molecule has 21 heavy (non-hydrogen) atoms. The van der Waals surface area contributed by atoms with Gasteiger partial charge in [0.25, 0.3) is 5.69 Å². The number of aryl methyl sites for hydroxylation is 1. The third-order valence-corrected chi connectivity index (χ3v) is 4.51. The molecule has 5 heteroatoms. The molecular weight excluding hydrogens is 266 g/mol. The van der Waals surface area contributed by atoms with Gasteiger partial charge in [-0.25, -0.2) is 0 Å². The van der Waals surface area contributed by atoms with E-state index in [-0.39, 0.29) is 10.6 Å². The van der Waals surface area contributed by atoms with Crippen molar-refractivity contribution in [3.63, 3.8) is 0 Å². The van der Waals surface area contributed by atoms with Gasteiger partial charge in [0.1, 0.15) is 0 Å². The number of non-ortho nitro benzene ring substituents is 1. The van der Waals surface area contributed by atoms with Gasteiger partial charge in [-0.3, -0.25) is 10.1 Å². The highest BCUT2D eigenvalue weighted by atomic mass is 16.6. The number of piperidine rings is 1. The Morgan fingerprint density at radius 3 is 2.57 bits per heavy atom. The zero-order chi connectivity index (χ0) is 14.8. The van der Waals surface area contributed by atoms with Crippen LogP contribution in [0.25, 0.3) is 0 Å². The van der Waals surface area contributed by atoms with Crippen LogP contribution in [0.3, 0.4) is 0 Å². The van der Waals surface area contributed by atoms with Crippen molar-refractivity contribution in [3.8, 4) is 0 Å². The molecule has 0 unspecified atom stereocenters. The average Bonchev–Trinajstić information content (AvgIpc) is 3.29. The summed E-state index contributed by atoms with van der Waals surface area (Å²) >= 11 is 0. The Bertz CT molecular complexity index is 520. The summed E-state index contributed by atoms with van der Waals surface area (Å²) in [4.78, 5) is 12.9. The first-order valence-electron chi connectivity index (χ1n) is 7.86. The molecule has 2 aliphatic rings. The zero-order valence-corrected chi connectivity index (χ0v) is 12.5.